The van der Waals surface area contributed by atoms with Gasteiger partial charge in [-0.25, -0.2) is 0 Å². The Hall–Kier alpha value is -1.68. The van der Waals surface area contributed by atoms with E-state index in [2.05, 4.69) is 64.4 Å². The number of hydrogen-bond acceptors (Lipinski definition) is 4. The third-order valence-electron chi connectivity index (χ3n) is 4.79. The average molecular weight is 484 g/mol. The van der Waals surface area contributed by atoms with Crippen molar-refractivity contribution in [2.24, 2.45) is 4.99 Å². The van der Waals surface area contributed by atoms with Gasteiger partial charge in [0.15, 0.2) is 11.8 Å². The number of nitrogens with one attached hydrogen (secondary N) is 1. The van der Waals surface area contributed by atoms with Gasteiger partial charge in [0, 0.05) is 20.1 Å². The van der Waals surface area contributed by atoms with Crippen LogP contribution in [0.15, 0.2) is 29.5 Å². The second-order valence-electron chi connectivity index (χ2n) is 6.60. The number of ether oxygens (including phenoxy) is 1. The van der Waals surface area contributed by atoms with Crippen molar-refractivity contribution in [2.45, 2.75) is 40.0 Å². The summed E-state index contributed by atoms with van der Waals surface area (Å²) in [4.78, 5) is 6.70. The van der Waals surface area contributed by atoms with Crippen LogP contribution in [-0.2, 0) is 17.8 Å². The number of guanidine groups is 1. The molecule has 0 radical (unpaired) electrons. The fraction of sp³-hybridized carbons (Fsp3) is 0.526. The number of hydrogen-bond donors (Lipinski definition) is 1. The highest BCUT2D eigenvalue weighted by molar-refractivity contribution is 14.0. The first-order chi connectivity index (χ1) is 12.6. The van der Waals surface area contributed by atoms with E-state index in [-0.39, 0.29) is 30.1 Å². The number of benzene rings is 1. The van der Waals surface area contributed by atoms with Crippen LogP contribution < -0.4 is 5.32 Å². The van der Waals surface area contributed by atoms with Crippen molar-refractivity contribution in [1.82, 2.24) is 25.0 Å². The molecule has 0 amide bonds. The molecule has 2 heterocycles. The number of aromatic nitrogens is 3. The van der Waals surface area contributed by atoms with E-state index < -0.39 is 0 Å². The Labute approximate surface area is 178 Å². The molecule has 0 spiro atoms. The zero-order valence-corrected chi connectivity index (χ0v) is 18.8. The van der Waals surface area contributed by atoms with Gasteiger partial charge in [-0.05, 0) is 31.9 Å². The van der Waals surface area contributed by atoms with E-state index in [9.17, 15) is 0 Å². The van der Waals surface area contributed by atoms with Crippen LogP contribution in [0.4, 0.5) is 0 Å². The van der Waals surface area contributed by atoms with Crippen molar-refractivity contribution in [3.8, 4) is 0 Å². The summed E-state index contributed by atoms with van der Waals surface area (Å²) in [6.07, 6.45) is 1.81. The molecule has 0 saturated carbocycles. The summed E-state index contributed by atoms with van der Waals surface area (Å²) in [5.74, 6) is 1.78. The Balaban J connectivity index is 0.00000261. The lowest BCUT2D eigenvalue weighted by molar-refractivity contribution is -0.00835. The highest BCUT2D eigenvalue weighted by atomic mass is 127. The van der Waals surface area contributed by atoms with Gasteiger partial charge < -0.3 is 19.5 Å². The van der Waals surface area contributed by atoms with Gasteiger partial charge in [-0.1, -0.05) is 23.8 Å². The van der Waals surface area contributed by atoms with E-state index in [1.165, 1.54) is 16.7 Å². The lowest BCUT2D eigenvalue weighted by atomic mass is 10.00. The summed E-state index contributed by atoms with van der Waals surface area (Å²) in [6.45, 7) is 10.1. The molecule has 1 aromatic heterocycles. The van der Waals surface area contributed by atoms with Gasteiger partial charge in [0.2, 0.25) is 0 Å². The molecule has 1 saturated heterocycles. The van der Waals surface area contributed by atoms with Crippen LogP contribution in [0, 0.1) is 13.8 Å². The van der Waals surface area contributed by atoms with E-state index >= 15 is 0 Å². The smallest absolute Gasteiger partial charge is 0.194 e. The molecule has 1 aromatic carbocycles. The van der Waals surface area contributed by atoms with Gasteiger partial charge in [-0.2, -0.15) is 0 Å². The van der Waals surface area contributed by atoms with Gasteiger partial charge in [-0.15, -0.1) is 34.2 Å². The zero-order valence-electron chi connectivity index (χ0n) is 16.5. The minimum absolute atomic E-state index is 0. The van der Waals surface area contributed by atoms with Crippen molar-refractivity contribution in [1.29, 1.82) is 0 Å². The number of aryl methyl sites for hydroxylation is 3. The molecule has 0 aliphatic carbocycles. The number of nitrogens with zero attached hydrogens (tertiary/aromatic N) is 5. The highest BCUT2D eigenvalue weighted by Crippen LogP contribution is 2.25. The summed E-state index contributed by atoms with van der Waals surface area (Å²) < 4.78 is 8.07. The van der Waals surface area contributed by atoms with Gasteiger partial charge in [-0.3, -0.25) is 4.99 Å². The lowest BCUT2D eigenvalue weighted by Gasteiger charge is -2.35. The van der Waals surface area contributed by atoms with Crippen LogP contribution in [0.25, 0.3) is 0 Å². The number of aliphatic imine (C=N–C) groups is 1. The van der Waals surface area contributed by atoms with Gasteiger partial charge in [0.1, 0.15) is 12.4 Å². The molecule has 1 N–H and O–H groups in total. The first-order valence-electron chi connectivity index (χ1n) is 9.13. The maximum atomic E-state index is 6.05. The standard InChI is InChI=1S/C19H28N6O.HI/c1-5-24-13-22-23-18(24)11-21-19(20-4)25-8-9-26-17(12-25)16-7-6-14(2)10-15(16)3;/h6-7,10,13,17H,5,8-9,11-12H2,1-4H3,(H,20,21);1H. The van der Waals surface area contributed by atoms with Crippen LogP contribution in [-0.4, -0.2) is 52.4 Å². The summed E-state index contributed by atoms with van der Waals surface area (Å²) in [6, 6.07) is 6.54. The van der Waals surface area contributed by atoms with Crippen molar-refractivity contribution in [3.05, 3.63) is 47.0 Å². The van der Waals surface area contributed by atoms with Crippen molar-refractivity contribution >= 4 is 29.9 Å². The maximum Gasteiger partial charge on any atom is 0.194 e. The first kappa shape index (κ1) is 21.6. The Bertz CT molecular complexity index is 775. The topological polar surface area (TPSA) is 67.6 Å². The Morgan fingerprint density at radius 2 is 2.19 bits per heavy atom. The number of halogens is 1. The maximum absolute atomic E-state index is 6.05. The molecule has 27 heavy (non-hydrogen) atoms. The minimum Gasteiger partial charge on any atom is -0.370 e. The van der Waals surface area contributed by atoms with Crippen molar-refractivity contribution in [3.63, 3.8) is 0 Å². The molecule has 0 bridgehead atoms. The number of morpholine rings is 1. The largest absolute Gasteiger partial charge is 0.370 e. The number of rotatable bonds is 4. The lowest BCUT2D eigenvalue weighted by Crippen LogP contribution is -2.48. The van der Waals surface area contributed by atoms with Crippen LogP contribution in [0.2, 0.25) is 0 Å². The average Bonchev–Trinajstić information content (AvgIpc) is 3.10. The minimum atomic E-state index is 0. The second kappa shape index (κ2) is 10.0. The van der Waals surface area contributed by atoms with E-state index in [0.717, 1.165) is 31.4 Å². The Morgan fingerprint density at radius 3 is 2.89 bits per heavy atom. The van der Waals surface area contributed by atoms with Gasteiger partial charge >= 0.3 is 0 Å². The van der Waals surface area contributed by atoms with E-state index in [0.29, 0.717) is 13.2 Å². The molecule has 1 aliphatic heterocycles. The quantitative estimate of drug-likeness (QED) is 0.411. The third-order valence-corrected chi connectivity index (χ3v) is 4.79. The zero-order chi connectivity index (χ0) is 18.5. The van der Waals surface area contributed by atoms with E-state index in [4.69, 9.17) is 4.74 Å². The van der Waals surface area contributed by atoms with Gasteiger partial charge in [0.05, 0.1) is 19.7 Å². The van der Waals surface area contributed by atoms with Crippen LogP contribution in [0.1, 0.15) is 35.5 Å². The molecule has 2 aromatic rings. The summed E-state index contributed by atoms with van der Waals surface area (Å²) >= 11 is 0. The third kappa shape index (κ3) is 5.19. The molecule has 7 nitrogen and oxygen atoms in total. The Morgan fingerprint density at radius 1 is 1.37 bits per heavy atom. The van der Waals surface area contributed by atoms with Crippen LogP contribution in [0.3, 0.4) is 0 Å². The van der Waals surface area contributed by atoms with Crippen molar-refractivity contribution < 1.29 is 4.74 Å². The Kier molecular flexibility index (Phi) is 8.03. The molecule has 8 heteroatoms. The highest BCUT2D eigenvalue weighted by Gasteiger charge is 2.25. The van der Waals surface area contributed by atoms with Crippen molar-refractivity contribution in [2.75, 3.05) is 26.7 Å². The molecular weight excluding hydrogens is 455 g/mol. The predicted molar refractivity (Wildman–Crippen MR) is 117 cm³/mol. The molecule has 3 rings (SSSR count). The van der Waals surface area contributed by atoms with Crippen LogP contribution >= 0.6 is 24.0 Å². The SMILES string of the molecule is CCn1cnnc1CNC(=NC)N1CCOC(c2ccc(C)cc2C)C1.I. The summed E-state index contributed by atoms with van der Waals surface area (Å²) in [5, 5.41) is 11.6. The van der Waals surface area contributed by atoms with Gasteiger partial charge in [0.25, 0.3) is 0 Å². The summed E-state index contributed by atoms with van der Waals surface area (Å²) in [7, 11) is 1.81. The second-order valence-corrected chi connectivity index (χ2v) is 6.60. The van der Waals surface area contributed by atoms with E-state index in [1.54, 1.807) is 6.33 Å². The molecule has 1 unspecified atom stereocenters. The monoisotopic (exact) mass is 484 g/mol. The molecule has 148 valence electrons. The normalized spacial score (nSPS) is 17.6. The fourth-order valence-corrected chi connectivity index (χ4v) is 3.39. The first-order valence-corrected chi connectivity index (χ1v) is 9.13. The molecular formula is C19H29IN6O. The summed E-state index contributed by atoms with van der Waals surface area (Å²) in [5.41, 5.74) is 3.80. The molecule has 1 aliphatic rings. The van der Waals surface area contributed by atoms with Crippen LogP contribution in [0.5, 0.6) is 0 Å². The fourth-order valence-electron chi connectivity index (χ4n) is 3.39. The van der Waals surface area contributed by atoms with E-state index in [1.807, 2.05) is 11.6 Å². The molecule has 1 fully saturated rings. The predicted octanol–water partition coefficient (Wildman–Crippen LogP) is 2.68. The molecule has 1 atom stereocenters.